The first-order valence-corrected chi connectivity index (χ1v) is 8.03. The fourth-order valence-electron chi connectivity index (χ4n) is 2.69. The fourth-order valence-corrected chi connectivity index (χ4v) is 2.69. The molecular weight excluding hydrogens is 304 g/mol. The highest BCUT2D eigenvalue weighted by Gasteiger charge is 2.10. The molecule has 0 aliphatic rings. The third-order valence-corrected chi connectivity index (χ3v) is 4.02. The molecular formula is C17H22N6O. The summed E-state index contributed by atoms with van der Waals surface area (Å²) >= 11 is 0. The minimum Gasteiger partial charge on any atom is -0.361 e. The number of nitrogens with one attached hydrogen (secondary N) is 1. The van der Waals surface area contributed by atoms with Crippen molar-refractivity contribution in [2.45, 2.75) is 33.6 Å². The van der Waals surface area contributed by atoms with Crippen molar-refractivity contribution in [3.63, 3.8) is 0 Å². The van der Waals surface area contributed by atoms with Crippen molar-refractivity contribution in [3.05, 3.63) is 41.2 Å². The van der Waals surface area contributed by atoms with Crippen LogP contribution in [0.3, 0.4) is 0 Å². The number of hydrogen-bond donors (Lipinski definition) is 1. The van der Waals surface area contributed by atoms with Gasteiger partial charge >= 0.3 is 0 Å². The summed E-state index contributed by atoms with van der Waals surface area (Å²) < 4.78 is 6.96. The maximum absolute atomic E-state index is 5.19. The molecule has 7 heteroatoms. The van der Waals surface area contributed by atoms with Crippen LogP contribution in [0.5, 0.6) is 0 Å². The van der Waals surface area contributed by atoms with Crippen molar-refractivity contribution in [3.8, 4) is 11.3 Å². The third kappa shape index (κ3) is 3.45. The number of anilines is 1. The van der Waals surface area contributed by atoms with Crippen molar-refractivity contribution < 1.29 is 4.52 Å². The van der Waals surface area contributed by atoms with Crippen molar-refractivity contribution in [2.24, 2.45) is 7.05 Å². The summed E-state index contributed by atoms with van der Waals surface area (Å²) in [5.74, 6) is 1.54. The molecule has 7 nitrogen and oxygen atoms in total. The van der Waals surface area contributed by atoms with E-state index in [2.05, 4.69) is 25.5 Å². The Hall–Kier alpha value is -2.70. The minimum absolute atomic E-state index is 0.637. The molecule has 1 N–H and O–H groups in total. The topological polar surface area (TPSA) is 81.7 Å². The highest BCUT2D eigenvalue weighted by molar-refractivity contribution is 5.62. The van der Waals surface area contributed by atoms with Crippen LogP contribution in [0.1, 0.15) is 29.0 Å². The second-order valence-corrected chi connectivity index (χ2v) is 5.96. The summed E-state index contributed by atoms with van der Waals surface area (Å²) in [5, 5.41) is 11.5. The molecule has 0 aromatic carbocycles. The second-order valence-electron chi connectivity index (χ2n) is 5.96. The number of nitrogens with zero attached hydrogens (tertiary/aromatic N) is 5. The number of hydrogen-bond acceptors (Lipinski definition) is 6. The van der Waals surface area contributed by atoms with Crippen LogP contribution >= 0.6 is 0 Å². The normalized spacial score (nSPS) is 11.0. The lowest BCUT2D eigenvalue weighted by Crippen LogP contribution is -2.07. The van der Waals surface area contributed by atoms with Gasteiger partial charge in [0.2, 0.25) is 5.95 Å². The monoisotopic (exact) mass is 326 g/mol. The number of rotatable bonds is 6. The van der Waals surface area contributed by atoms with Gasteiger partial charge in [-0.25, -0.2) is 9.97 Å². The van der Waals surface area contributed by atoms with E-state index in [1.165, 1.54) is 5.56 Å². The lowest BCUT2D eigenvalue weighted by Gasteiger charge is -2.08. The first kappa shape index (κ1) is 16.2. The van der Waals surface area contributed by atoms with E-state index in [0.29, 0.717) is 5.95 Å². The maximum atomic E-state index is 5.19. The summed E-state index contributed by atoms with van der Waals surface area (Å²) in [6.07, 6.45) is 7.50. The zero-order chi connectivity index (χ0) is 17.1. The summed E-state index contributed by atoms with van der Waals surface area (Å²) in [7, 11) is 1.90. The zero-order valence-electron chi connectivity index (χ0n) is 14.5. The van der Waals surface area contributed by atoms with Gasteiger partial charge in [0.15, 0.2) is 0 Å². The smallest absolute Gasteiger partial charge is 0.223 e. The Labute approximate surface area is 141 Å². The minimum atomic E-state index is 0.637. The Bertz CT molecular complexity index is 816. The van der Waals surface area contributed by atoms with Crippen LogP contribution in [-0.2, 0) is 13.5 Å². The van der Waals surface area contributed by atoms with Crippen LogP contribution in [-0.4, -0.2) is 31.4 Å². The van der Waals surface area contributed by atoms with E-state index in [-0.39, 0.29) is 0 Å². The van der Waals surface area contributed by atoms with Crippen LogP contribution in [0.25, 0.3) is 11.3 Å². The van der Waals surface area contributed by atoms with Crippen molar-refractivity contribution in [2.75, 3.05) is 11.9 Å². The van der Waals surface area contributed by atoms with E-state index in [4.69, 9.17) is 4.52 Å². The van der Waals surface area contributed by atoms with Gasteiger partial charge in [-0.2, -0.15) is 5.10 Å². The molecule has 0 aliphatic heterocycles. The summed E-state index contributed by atoms with van der Waals surface area (Å²) in [5.41, 5.74) is 5.10. The molecule has 3 rings (SSSR count). The van der Waals surface area contributed by atoms with Gasteiger partial charge in [0, 0.05) is 37.1 Å². The molecule has 3 aromatic rings. The lowest BCUT2D eigenvalue weighted by atomic mass is 10.1. The Kier molecular flexibility index (Phi) is 4.59. The molecule has 126 valence electrons. The van der Waals surface area contributed by atoms with E-state index in [1.807, 2.05) is 46.4 Å². The molecule has 0 fully saturated rings. The summed E-state index contributed by atoms with van der Waals surface area (Å²) in [4.78, 5) is 8.98. The van der Waals surface area contributed by atoms with E-state index in [1.54, 1.807) is 4.68 Å². The van der Waals surface area contributed by atoms with E-state index >= 15 is 0 Å². The largest absolute Gasteiger partial charge is 0.361 e. The Morgan fingerprint density at radius 2 is 2.04 bits per heavy atom. The highest BCUT2D eigenvalue weighted by atomic mass is 16.5. The predicted molar refractivity (Wildman–Crippen MR) is 91.8 cm³/mol. The van der Waals surface area contributed by atoms with Crippen LogP contribution in [0.2, 0.25) is 0 Å². The second kappa shape index (κ2) is 6.82. The van der Waals surface area contributed by atoms with Gasteiger partial charge in [-0.05, 0) is 39.2 Å². The van der Waals surface area contributed by atoms with Crippen LogP contribution in [0.4, 0.5) is 5.95 Å². The van der Waals surface area contributed by atoms with Gasteiger partial charge < -0.3 is 9.84 Å². The average Bonchev–Trinajstić information content (AvgIpc) is 3.12. The van der Waals surface area contributed by atoms with Gasteiger partial charge in [-0.3, -0.25) is 4.68 Å². The standard InChI is InChI=1S/C17H22N6O/c1-11-8-19-17(21-16(11)14-9-20-23(4)10-14)18-7-5-6-15-12(2)22-24-13(15)3/h8-10H,5-7H2,1-4H3,(H,18,19,21). The summed E-state index contributed by atoms with van der Waals surface area (Å²) in [6, 6.07) is 0. The molecule has 0 bridgehead atoms. The third-order valence-electron chi connectivity index (χ3n) is 4.02. The zero-order valence-corrected chi connectivity index (χ0v) is 14.5. The van der Waals surface area contributed by atoms with E-state index in [0.717, 1.165) is 47.7 Å². The number of aromatic nitrogens is 5. The molecule has 0 unspecified atom stereocenters. The Morgan fingerprint density at radius 1 is 1.21 bits per heavy atom. The predicted octanol–water partition coefficient (Wildman–Crippen LogP) is 2.84. The van der Waals surface area contributed by atoms with Crippen LogP contribution in [0.15, 0.2) is 23.1 Å². The summed E-state index contributed by atoms with van der Waals surface area (Å²) in [6.45, 7) is 6.72. The molecule has 0 spiro atoms. The van der Waals surface area contributed by atoms with Gasteiger partial charge in [0.1, 0.15) is 5.76 Å². The SMILES string of the molecule is Cc1cnc(NCCCc2c(C)noc2C)nc1-c1cnn(C)c1. The average molecular weight is 326 g/mol. The van der Waals surface area contributed by atoms with Crippen molar-refractivity contribution >= 4 is 5.95 Å². The molecule has 0 aliphatic carbocycles. The van der Waals surface area contributed by atoms with Crippen molar-refractivity contribution in [1.29, 1.82) is 0 Å². The van der Waals surface area contributed by atoms with Crippen LogP contribution in [0, 0.1) is 20.8 Å². The van der Waals surface area contributed by atoms with Crippen LogP contribution < -0.4 is 5.32 Å². The molecule has 0 saturated heterocycles. The van der Waals surface area contributed by atoms with Crippen molar-refractivity contribution in [1.82, 2.24) is 24.9 Å². The molecule has 24 heavy (non-hydrogen) atoms. The number of aryl methyl sites for hydroxylation is 4. The molecule has 3 aromatic heterocycles. The first-order valence-electron chi connectivity index (χ1n) is 8.03. The molecule has 0 saturated carbocycles. The van der Waals surface area contributed by atoms with Gasteiger partial charge in [-0.15, -0.1) is 0 Å². The quantitative estimate of drug-likeness (QED) is 0.702. The molecule has 0 radical (unpaired) electrons. The van der Waals surface area contributed by atoms with E-state index < -0.39 is 0 Å². The van der Waals surface area contributed by atoms with E-state index in [9.17, 15) is 0 Å². The van der Waals surface area contributed by atoms with Gasteiger partial charge in [0.25, 0.3) is 0 Å². The van der Waals surface area contributed by atoms with Gasteiger partial charge in [-0.1, -0.05) is 5.16 Å². The fraction of sp³-hybridized carbons (Fsp3) is 0.412. The first-order chi connectivity index (χ1) is 11.5. The molecule has 3 heterocycles. The lowest BCUT2D eigenvalue weighted by molar-refractivity contribution is 0.392. The molecule has 0 atom stereocenters. The Balaban J connectivity index is 1.62. The van der Waals surface area contributed by atoms with Gasteiger partial charge in [0.05, 0.1) is 17.6 Å². The molecule has 0 amide bonds. The maximum Gasteiger partial charge on any atom is 0.223 e. The Morgan fingerprint density at radius 3 is 2.71 bits per heavy atom. The highest BCUT2D eigenvalue weighted by Crippen LogP contribution is 2.21.